The van der Waals surface area contributed by atoms with Gasteiger partial charge in [-0.25, -0.2) is 4.79 Å². The molecule has 1 aliphatic rings. The lowest BCUT2D eigenvalue weighted by atomic mass is 10.1. The number of hydrogen-bond donors (Lipinski definition) is 2. The molecule has 1 saturated heterocycles. The number of aromatic nitrogens is 1. The predicted molar refractivity (Wildman–Crippen MR) is 94.0 cm³/mol. The molecular weight excluding hydrogens is 302 g/mol. The smallest absolute Gasteiger partial charge is 0.328 e. The van der Waals surface area contributed by atoms with Gasteiger partial charge in [-0.1, -0.05) is 30.3 Å². The Bertz CT molecular complexity index is 941. The lowest BCUT2D eigenvalue weighted by Gasteiger charge is -2.26. The van der Waals surface area contributed by atoms with Crippen molar-refractivity contribution in [3.8, 4) is 11.3 Å². The Balaban J connectivity index is 1.67. The largest absolute Gasteiger partial charge is 0.354 e. The zero-order valence-electron chi connectivity index (χ0n) is 13.3. The van der Waals surface area contributed by atoms with Gasteiger partial charge < -0.3 is 4.98 Å². The van der Waals surface area contributed by atoms with E-state index in [1.54, 1.807) is 4.90 Å². The van der Waals surface area contributed by atoms with Crippen molar-refractivity contribution in [1.82, 2.24) is 10.3 Å². The molecule has 5 heteroatoms. The molecule has 0 atom stereocenters. The van der Waals surface area contributed by atoms with Crippen molar-refractivity contribution in [1.29, 1.82) is 0 Å². The number of nitrogens with zero attached hydrogens (tertiary/aromatic N) is 1. The fourth-order valence-corrected chi connectivity index (χ4v) is 3.19. The molecule has 3 amide bonds. The number of aryl methyl sites for hydroxylation is 1. The van der Waals surface area contributed by atoms with Gasteiger partial charge in [0, 0.05) is 35.2 Å². The summed E-state index contributed by atoms with van der Waals surface area (Å²) in [7, 11) is 0. The summed E-state index contributed by atoms with van der Waals surface area (Å²) >= 11 is 0. The van der Waals surface area contributed by atoms with Gasteiger partial charge in [-0.2, -0.15) is 0 Å². The van der Waals surface area contributed by atoms with Crippen LogP contribution in [0.4, 0.5) is 10.5 Å². The molecule has 5 nitrogen and oxygen atoms in total. The molecule has 1 fully saturated rings. The van der Waals surface area contributed by atoms with E-state index >= 15 is 0 Å². The van der Waals surface area contributed by atoms with Crippen LogP contribution in [-0.4, -0.2) is 23.5 Å². The number of H-pyrrole nitrogens is 1. The lowest BCUT2D eigenvalue weighted by Crippen LogP contribution is -2.49. The minimum atomic E-state index is -0.360. The third kappa shape index (κ3) is 2.34. The average Bonchev–Trinajstić information content (AvgIpc) is 2.93. The Kier molecular flexibility index (Phi) is 3.34. The van der Waals surface area contributed by atoms with Gasteiger partial charge in [0.15, 0.2) is 0 Å². The Morgan fingerprint density at radius 2 is 1.75 bits per heavy atom. The van der Waals surface area contributed by atoms with E-state index in [0.717, 1.165) is 22.5 Å². The van der Waals surface area contributed by atoms with E-state index in [-0.39, 0.29) is 11.9 Å². The second-order valence-electron chi connectivity index (χ2n) is 5.97. The van der Waals surface area contributed by atoms with Crippen LogP contribution in [-0.2, 0) is 4.79 Å². The van der Waals surface area contributed by atoms with E-state index in [1.807, 2.05) is 36.4 Å². The molecule has 2 heterocycles. The maximum Gasteiger partial charge on any atom is 0.328 e. The fourth-order valence-electron chi connectivity index (χ4n) is 3.19. The number of carbonyl (C=O) groups is 2. The number of benzene rings is 2. The highest BCUT2D eigenvalue weighted by Gasteiger charge is 2.24. The lowest BCUT2D eigenvalue weighted by molar-refractivity contribution is -0.120. The number of carbonyl (C=O) groups excluding carboxylic acids is 2. The van der Waals surface area contributed by atoms with Crippen LogP contribution in [0.25, 0.3) is 22.2 Å². The molecule has 3 aromatic rings. The van der Waals surface area contributed by atoms with E-state index in [0.29, 0.717) is 13.0 Å². The van der Waals surface area contributed by atoms with Crippen molar-refractivity contribution in [2.24, 2.45) is 0 Å². The molecule has 4 rings (SSSR count). The normalized spacial score (nSPS) is 15.0. The molecule has 0 bridgehead atoms. The van der Waals surface area contributed by atoms with Crippen LogP contribution < -0.4 is 10.2 Å². The van der Waals surface area contributed by atoms with Crippen LogP contribution in [0.5, 0.6) is 0 Å². The van der Waals surface area contributed by atoms with Crippen LogP contribution in [0.3, 0.4) is 0 Å². The first-order valence-corrected chi connectivity index (χ1v) is 7.92. The first-order chi connectivity index (χ1) is 11.6. The molecule has 0 unspecified atom stereocenters. The van der Waals surface area contributed by atoms with Gasteiger partial charge in [0.05, 0.1) is 0 Å². The predicted octanol–water partition coefficient (Wildman–Crippen LogP) is 3.59. The summed E-state index contributed by atoms with van der Waals surface area (Å²) in [6, 6.07) is 15.7. The summed E-state index contributed by atoms with van der Waals surface area (Å²) in [5.74, 6) is -0.221. The third-order valence-electron chi connectivity index (χ3n) is 4.49. The Morgan fingerprint density at radius 3 is 2.46 bits per heavy atom. The topological polar surface area (TPSA) is 65.2 Å². The van der Waals surface area contributed by atoms with Gasteiger partial charge in [0.2, 0.25) is 5.91 Å². The number of rotatable bonds is 2. The number of hydrogen-bond acceptors (Lipinski definition) is 2. The molecule has 0 aliphatic carbocycles. The number of imide groups is 1. The summed E-state index contributed by atoms with van der Waals surface area (Å²) in [5, 5.41) is 3.56. The molecule has 2 N–H and O–H groups in total. The fraction of sp³-hybridized carbons (Fsp3) is 0.158. The highest BCUT2D eigenvalue weighted by atomic mass is 16.2. The van der Waals surface area contributed by atoms with Crippen molar-refractivity contribution in [2.75, 3.05) is 11.4 Å². The summed E-state index contributed by atoms with van der Waals surface area (Å²) in [5.41, 5.74) is 5.27. The van der Waals surface area contributed by atoms with E-state index in [4.69, 9.17) is 0 Å². The maximum absolute atomic E-state index is 11.9. The van der Waals surface area contributed by atoms with Crippen molar-refractivity contribution in [3.63, 3.8) is 0 Å². The SMILES string of the molecule is Cc1c(-c2ccc(N3CCC(=O)NC3=O)cc2)[nH]c2ccccc12. The van der Waals surface area contributed by atoms with Crippen LogP contribution >= 0.6 is 0 Å². The zero-order chi connectivity index (χ0) is 16.7. The van der Waals surface area contributed by atoms with Crippen molar-refractivity contribution in [2.45, 2.75) is 13.3 Å². The molecule has 120 valence electrons. The number of amides is 3. The Hall–Kier alpha value is -3.08. The van der Waals surface area contributed by atoms with Gasteiger partial charge in [0.1, 0.15) is 0 Å². The summed E-state index contributed by atoms with van der Waals surface area (Å²) in [6.45, 7) is 2.52. The van der Waals surface area contributed by atoms with E-state index in [2.05, 4.69) is 29.4 Å². The summed E-state index contributed by atoms with van der Waals surface area (Å²) in [6.07, 6.45) is 0.328. The number of anilines is 1. The number of aromatic amines is 1. The van der Waals surface area contributed by atoms with E-state index < -0.39 is 0 Å². The van der Waals surface area contributed by atoms with Crippen molar-refractivity contribution in [3.05, 3.63) is 54.1 Å². The average molecular weight is 319 g/mol. The molecule has 0 spiro atoms. The monoisotopic (exact) mass is 319 g/mol. The first kappa shape index (κ1) is 14.5. The molecule has 2 aromatic carbocycles. The van der Waals surface area contributed by atoms with Gasteiger partial charge in [0.25, 0.3) is 0 Å². The van der Waals surface area contributed by atoms with E-state index in [9.17, 15) is 9.59 Å². The van der Waals surface area contributed by atoms with Crippen LogP contribution in [0.1, 0.15) is 12.0 Å². The van der Waals surface area contributed by atoms with Crippen molar-refractivity contribution >= 4 is 28.5 Å². The van der Waals surface area contributed by atoms with Crippen molar-refractivity contribution < 1.29 is 9.59 Å². The minimum Gasteiger partial charge on any atom is -0.354 e. The summed E-state index contributed by atoms with van der Waals surface area (Å²) in [4.78, 5) is 28.2. The zero-order valence-corrected chi connectivity index (χ0v) is 13.3. The standard InChI is InChI=1S/C19H17N3O2/c1-12-15-4-2-3-5-16(15)20-18(12)13-6-8-14(9-7-13)22-11-10-17(23)21-19(22)24/h2-9,20H,10-11H2,1H3,(H,21,23,24). The van der Waals surface area contributed by atoms with Crippen LogP contribution in [0.2, 0.25) is 0 Å². The molecular formula is C19H17N3O2. The minimum absolute atomic E-state index is 0.221. The first-order valence-electron chi connectivity index (χ1n) is 7.92. The Morgan fingerprint density at radius 1 is 1.00 bits per heavy atom. The molecule has 0 saturated carbocycles. The second-order valence-corrected chi connectivity index (χ2v) is 5.97. The molecule has 1 aliphatic heterocycles. The maximum atomic E-state index is 11.9. The van der Waals surface area contributed by atoms with Gasteiger partial charge in [-0.05, 0) is 36.2 Å². The number of fused-ring (bicyclic) bond motifs is 1. The highest BCUT2D eigenvalue weighted by molar-refractivity contribution is 6.05. The van der Waals surface area contributed by atoms with Crippen LogP contribution in [0, 0.1) is 6.92 Å². The number of nitrogens with one attached hydrogen (secondary N) is 2. The number of para-hydroxylation sites is 1. The van der Waals surface area contributed by atoms with E-state index in [1.165, 1.54) is 10.9 Å². The summed E-state index contributed by atoms with van der Waals surface area (Å²) < 4.78 is 0. The highest BCUT2D eigenvalue weighted by Crippen LogP contribution is 2.30. The molecule has 0 radical (unpaired) electrons. The second kappa shape index (κ2) is 5.53. The van der Waals surface area contributed by atoms with Gasteiger partial charge in [-0.15, -0.1) is 0 Å². The van der Waals surface area contributed by atoms with Gasteiger partial charge in [-0.3, -0.25) is 15.0 Å². The molecule has 1 aromatic heterocycles. The molecule has 24 heavy (non-hydrogen) atoms. The third-order valence-corrected chi connectivity index (χ3v) is 4.49. The Labute approximate surface area is 139 Å². The van der Waals surface area contributed by atoms with Gasteiger partial charge >= 0.3 is 6.03 Å². The van der Waals surface area contributed by atoms with Crippen LogP contribution in [0.15, 0.2) is 48.5 Å². The quantitative estimate of drug-likeness (QED) is 0.758. The number of urea groups is 1.